The second kappa shape index (κ2) is 13.4. The number of amides is 3. The highest BCUT2D eigenvalue weighted by Crippen LogP contribution is 2.28. The molecule has 41 heavy (non-hydrogen) atoms. The zero-order valence-electron chi connectivity index (χ0n) is 22.7. The summed E-state index contributed by atoms with van der Waals surface area (Å²) in [6, 6.07) is 17.0. The molecule has 3 amide bonds. The Kier molecular flexibility index (Phi) is 9.94. The van der Waals surface area contributed by atoms with Crippen LogP contribution < -0.4 is 16.0 Å². The summed E-state index contributed by atoms with van der Waals surface area (Å²) >= 11 is 18.4. The monoisotopic (exact) mass is 614 g/mol. The molecule has 0 bridgehead atoms. The lowest BCUT2D eigenvalue weighted by Crippen LogP contribution is -2.27. The summed E-state index contributed by atoms with van der Waals surface area (Å²) in [4.78, 5) is 38.3. The summed E-state index contributed by atoms with van der Waals surface area (Å²) in [5.41, 5.74) is 3.26. The maximum atomic E-state index is 13.3. The van der Waals surface area contributed by atoms with E-state index < -0.39 is 5.91 Å². The van der Waals surface area contributed by atoms with Gasteiger partial charge in [0.05, 0.1) is 27.2 Å². The Bertz CT molecular complexity index is 1620. The third kappa shape index (κ3) is 7.40. The molecule has 0 unspecified atom stereocenters. The third-order valence-corrected chi connectivity index (χ3v) is 7.42. The van der Waals surface area contributed by atoms with E-state index in [1.165, 1.54) is 0 Å². The van der Waals surface area contributed by atoms with Gasteiger partial charge in [0.15, 0.2) is 0 Å². The molecule has 0 atom stereocenters. The summed E-state index contributed by atoms with van der Waals surface area (Å²) in [7, 11) is 1.59. The van der Waals surface area contributed by atoms with E-state index in [0.717, 1.165) is 16.5 Å². The van der Waals surface area contributed by atoms with Gasteiger partial charge in [0.1, 0.15) is 5.69 Å². The van der Waals surface area contributed by atoms with Crippen LogP contribution in [0.15, 0.2) is 60.7 Å². The van der Waals surface area contributed by atoms with Crippen molar-refractivity contribution in [3.8, 4) is 0 Å². The lowest BCUT2D eigenvalue weighted by atomic mass is 10.1. The quantitative estimate of drug-likeness (QED) is 0.178. The van der Waals surface area contributed by atoms with Crippen LogP contribution in [0.5, 0.6) is 0 Å². The molecule has 4 rings (SSSR count). The molecular weight excluding hydrogens is 587 g/mol. The summed E-state index contributed by atoms with van der Waals surface area (Å²) in [5.74, 6) is -0.967. The molecule has 1 aromatic heterocycles. The van der Waals surface area contributed by atoms with Crippen molar-refractivity contribution in [3.63, 3.8) is 0 Å². The second-order valence-electron chi connectivity index (χ2n) is 9.67. The van der Waals surface area contributed by atoms with E-state index in [-0.39, 0.29) is 34.9 Å². The molecule has 8 nitrogen and oxygen atoms in total. The zero-order chi connectivity index (χ0) is 29.7. The molecule has 0 aliphatic heterocycles. The molecule has 1 heterocycles. The Labute approximate surface area is 252 Å². The Hall–Kier alpha value is -3.56. The van der Waals surface area contributed by atoms with Crippen molar-refractivity contribution < 1.29 is 19.1 Å². The van der Waals surface area contributed by atoms with E-state index in [1.807, 2.05) is 24.5 Å². The van der Waals surface area contributed by atoms with Crippen LogP contribution in [-0.4, -0.2) is 36.0 Å². The number of carbonyl (C=O) groups excluding carboxylic acids is 3. The number of hydrogen-bond acceptors (Lipinski definition) is 4. The fraction of sp³-hybridized carbons (Fsp3) is 0.233. The number of aromatic nitrogens is 1. The predicted molar refractivity (Wildman–Crippen MR) is 164 cm³/mol. The summed E-state index contributed by atoms with van der Waals surface area (Å²) in [6.45, 7) is 4.73. The van der Waals surface area contributed by atoms with Gasteiger partial charge >= 0.3 is 0 Å². The molecule has 0 fully saturated rings. The number of nitrogens with zero attached hydrogens (tertiary/aromatic N) is 1. The standard InChI is InChI=1S/C30H29Cl3N4O4/c1-17(2)28(38)34-16-18-4-7-23(31)22(12-18)29(39)35-20-6-9-26-19(13-20)14-27(37(26)10-11-41-3)30(40)36-21-5-8-24(32)25(33)15-21/h4-9,12-15,17H,10-11,16H2,1-3H3,(H,34,38)(H,35,39)(H,36,40). The van der Waals surface area contributed by atoms with Gasteiger partial charge in [-0.25, -0.2) is 0 Å². The minimum absolute atomic E-state index is 0.0818. The predicted octanol–water partition coefficient (Wildman–Crippen LogP) is 7.02. The number of anilines is 2. The molecule has 0 saturated heterocycles. The molecule has 3 N–H and O–H groups in total. The van der Waals surface area contributed by atoms with E-state index in [2.05, 4.69) is 16.0 Å². The summed E-state index contributed by atoms with van der Waals surface area (Å²) < 4.78 is 7.11. The minimum Gasteiger partial charge on any atom is -0.383 e. The van der Waals surface area contributed by atoms with Crippen LogP contribution in [0.2, 0.25) is 15.1 Å². The average molecular weight is 616 g/mol. The van der Waals surface area contributed by atoms with E-state index in [0.29, 0.717) is 40.3 Å². The Balaban J connectivity index is 1.57. The highest BCUT2D eigenvalue weighted by Gasteiger charge is 2.18. The highest BCUT2D eigenvalue weighted by atomic mass is 35.5. The second-order valence-corrected chi connectivity index (χ2v) is 10.9. The lowest BCUT2D eigenvalue weighted by Gasteiger charge is -2.12. The summed E-state index contributed by atoms with van der Waals surface area (Å²) in [6.07, 6.45) is 0. The van der Waals surface area contributed by atoms with Crippen LogP contribution in [0.4, 0.5) is 11.4 Å². The van der Waals surface area contributed by atoms with Crippen LogP contribution >= 0.6 is 34.8 Å². The number of ether oxygens (including phenoxy) is 1. The van der Waals surface area contributed by atoms with Crippen molar-refractivity contribution in [2.24, 2.45) is 5.92 Å². The van der Waals surface area contributed by atoms with Crippen molar-refractivity contribution in [3.05, 3.63) is 92.6 Å². The minimum atomic E-state index is -0.400. The van der Waals surface area contributed by atoms with Gasteiger partial charge in [0, 0.05) is 48.4 Å². The molecule has 0 spiro atoms. The highest BCUT2D eigenvalue weighted by molar-refractivity contribution is 6.42. The molecule has 0 saturated carbocycles. The molecule has 214 valence electrons. The number of methoxy groups -OCH3 is 1. The van der Waals surface area contributed by atoms with Crippen molar-refractivity contribution in [1.82, 2.24) is 9.88 Å². The van der Waals surface area contributed by atoms with Gasteiger partial charge in [0.2, 0.25) is 5.91 Å². The van der Waals surface area contributed by atoms with Crippen molar-refractivity contribution >= 4 is 74.8 Å². The molecule has 0 radical (unpaired) electrons. The largest absolute Gasteiger partial charge is 0.383 e. The molecule has 0 aliphatic rings. The van der Waals surface area contributed by atoms with Gasteiger partial charge < -0.3 is 25.3 Å². The maximum absolute atomic E-state index is 13.3. The van der Waals surface area contributed by atoms with Gasteiger partial charge in [-0.05, 0) is 60.2 Å². The van der Waals surface area contributed by atoms with Gasteiger partial charge in [-0.1, -0.05) is 54.7 Å². The first kappa shape index (κ1) is 30.4. The Morgan fingerprint density at radius 2 is 1.51 bits per heavy atom. The number of nitrogens with one attached hydrogen (secondary N) is 3. The number of rotatable bonds is 10. The maximum Gasteiger partial charge on any atom is 0.272 e. The fourth-order valence-corrected chi connectivity index (χ4v) is 4.68. The Morgan fingerprint density at radius 1 is 0.829 bits per heavy atom. The molecule has 4 aromatic rings. The van der Waals surface area contributed by atoms with Crippen LogP contribution in [0.1, 0.15) is 40.3 Å². The van der Waals surface area contributed by atoms with E-state index in [1.54, 1.807) is 61.7 Å². The molecule has 0 aliphatic carbocycles. The van der Waals surface area contributed by atoms with E-state index in [9.17, 15) is 14.4 Å². The van der Waals surface area contributed by atoms with E-state index in [4.69, 9.17) is 39.5 Å². The topological polar surface area (TPSA) is 101 Å². The first-order chi connectivity index (χ1) is 19.6. The van der Waals surface area contributed by atoms with E-state index >= 15 is 0 Å². The Morgan fingerprint density at radius 3 is 2.22 bits per heavy atom. The fourth-order valence-electron chi connectivity index (χ4n) is 4.18. The SMILES string of the molecule is COCCn1c(C(=O)Nc2ccc(Cl)c(Cl)c2)cc2cc(NC(=O)c3cc(CNC(=O)C(C)C)ccc3Cl)ccc21. The number of fused-ring (bicyclic) bond motifs is 1. The first-order valence-electron chi connectivity index (χ1n) is 12.8. The van der Waals surface area contributed by atoms with Crippen LogP contribution in [0, 0.1) is 5.92 Å². The summed E-state index contributed by atoms with van der Waals surface area (Å²) in [5, 5.41) is 10.3. The number of hydrogen-bond donors (Lipinski definition) is 3. The average Bonchev–Trinajstić information content (AvgIpc) is 3.30. The van der Waals surface area contributed by atoms with Gasteiger partial charge in [-0.2, -0.15) is 0 Å². The van der Waals surface area contributed by atoms with Crippen molar-refractivity contribution in [2.75, 3.05) is 24.4 Å². The van der Waals surface area contributed by atoms with Crippen LogP contribution in [0.3, 0.4) is 0 Å². The first-order valence-corrected chi connectivity index (χ1v) is 14.0. The number of carbonyl (C=O) groups is 3. The smallest absolute Gasteiger partial charge is 0.272 e. The number of benzene rings is 3. The third-order valence-electron chi connectivity index (χ3n) is 6.35. The normalized spacial score (nSPS) is 11.1. The molecule has 11 heteroatoms. The van der Waals surface area contributed by atoms with Gasteiger partial charge in [-0.3, -0.25) is 14.4 Å². The van der Waals surface area contributed by atoms with Gasteiger partial charge in [0.25, 0.3) is 11.8 Å². The number of halogens is 3. The van der Waals surface area contributed by atoms with Crippen molar-refractivity contribution in [1.29, 1.82) is 0 Å². The van der Waals surface area contributed by atoms with Crippen LogP contribution in [-0.2, 0) is 22.6 Å². The molecule has 3 aromatic carbocycles. The van der Waals surface area contributed by atoms with Crippen LogP contribution in [0.25, 0.3) is 10.9 Å². The molecular formula is C30H29Cl3N4O4. The van der Waals surface area contributed by atoms with Gasteiger partial charge in [-0.15, -0.1) is 0 Å². The lowest BCUT2D eigenvalue weighted by molar-refractivity contribution is -0.124. The zero-order valence-corrected chi connectivity index (χ0v) is 25.0. The van der Waals surface area contributed by atoms with Crippen molar-refractivity contribution in [2.45, 2.75) is 26.9 Å².